The van der Waals surface area contributed by atoms with Gasteiger partial charge in [0, 0.05) is 48.8 Å². The van der Waals surface area contributed by atoms with Crippen molar-refractivity contribution in [1.29, 1.82) is 0 Å². The predicted octanol–water partition coefficient (Wildman–Crippen LogP) is 12.6. The van der Waals surface area contributed by atoms with Crippen LogP contribution in [0.2, 0.25) is 0 Å². The molecule has 0 aliphatic rings. The summed E-state index contributed by atoms with van der Waals surface area (Å²) in [5.74, 6) is 1.66. The number of pyridine rings is 1. The van der Waals surface area contributed by atoms with Crippen LogP contribution in [0, 0.1) is 0 Å². The Balaban J connectivity index is 1.07. The highest BCUT2D eigenvalue weighted by molar-refractivity contribution is 6.21. The van der Waals surface area contributed by atoms with Gasteiger partial charge in [0.2, 0.25) is 11.7 Å². The Morgan fingerprint density at radius 3 is 1.79 bits per heavy atom. The third kappa shape index (κ3) is 4.39. The van der Waals surface area contributed by atoms with Gasteiger partial charge in [0.15, 0.2) is 17.2 Å². The van der Waals surface area contributed by atoms with Crippen LogP contribution in [0.3, 0.4) is 0 Å². The molecule has 13 aromatic rings. The minimum absolute atomic E-state index is 0.511. The van der Waals surface area contributed by atoms with E-state index < -0.39 is 0 Å². The van der Waals surface area contributed by atoms with E-state index in [0.29, 0.717) is 23.3 Å². The number of hydrogen-bond acceptors (Lipinski definition) is 6. The summed E-state index contributed by atoms with van der Waals surface area (Å²) in [5, 5.41) is 8.48. The predicted molar refractivity (Wildman–Crippen MR) is 232 cm³/mol. The number of para-hydroxylation sites is 4. The van der Waals surface area contributed by atoms with Gasteiger partial charge in [0.1, 0.15) is 16.7 Å². The first-order chi connectivity index (χ1) is 28.7. The summed E-state index contributed by atoms with van der Waals surface area (Å²) in [7, 11) is 0. The molecule has 0 amide bonds. The molecule has 0 unspecified atom stereocenters. The zero-order valence-electron chi connectivity index (χ0n) is 30.7. The lowest BCUT2D eigenvalue weighted by molar-refractivity contribution is 0.654. The Hall–Kier alpha value is -8.10. The number of benzene rings is 7. The van der Waals surface area contributed by atoms with E-state index in [4.69, 9.17) is 28.8 Å². The quantitative estimate of drug-likeness (QED) is 0.178. The Kier molecular flexibility index (Phi) is 6.29. The van der Waals surface area contributed by atoms with Crippen LogP contribution in [-0.4, -0.2) is 29.1 Å². The van der Waals surface area contributed by atoms with Crippen molar-refractivity contribution in [1.82, 2.24) is 29.1 Å². The van der Waals surface area contributed by atoms with Gasteiger partial charge >= 0.3 is 0 Å². The van der Waals surface area contributed by atoms with Crippen LogP contribution in [0.25, 0.3) is 122 Å². The number of nitrogens with zero attached hydrogens (tertiary/aromatic N) is 6. The molecule has 0 aliphatic carbocycles. The van der Waals surface area contributed by atoms with Crippen molar-refractivity contribution in [2.75, 3.05) is 0 Å². The number of hydrogen-bond donors (Lipinski definition) is 0. The van der Waals surface area contributed by atoms with Crippen molar-refractivity contribution in [3.05, 3.63) is 170 Å². The van der Waals surface area contributed by atoms with E-state index in [-0.39, 0.29) is 0 Å². The first-order valence-electron chi connectivity index (χ1n) is 19.2. The van der Waals surface area contributed by atoms with Gasteiger partial charge in [0.05, 0.1) is 33.8 Å². The molecular weight excluding hydrogens is 717 g/mol. The fraction of sp³-hybridized carbons (Fsp3) is 0. The van der Waals surface area contributed by atoms with Crippen LogP contribution < -0.4 is 0 Å². The maximum absolute atomic E-state index is 6.65. The monoisotopic (exact) mass is 744 g/mol. The first kappa shape index (κ1) is 31.1. The highest BCUT2D eigenvalue weighted by Gasteiger charge is 2.23. The molecule has 0 fully saturated rings. The topological polar surface area (TPSA) is 87.7 Å². The molecule has 270 valence electrons. The summed E-state index contributed by atoms with van der Waals surface area (Å²) in [5.41, 5.74) is 9.83. The van der Waals surface area contributed by atoms with E-state index in [1.54, 1.807) is 0 Å². The maximum atomic E-state index is 6.65. The van der Waals surface area contributed by atoms with Crippen molar-refractivity contribution >= 4 is 87.6 Å². The Labute approximate surface area is 328 Å². The third-order valence-electron chi connectivity index (χ3n) is 11.4. The minimum Gasteiger partial charge on any atom is -0.454 e. The molecular formula is C50H28N6O2. The van der Waals surface area contributed by atoms with Crippen LogP contribution >= 0.6 is 0 Å². The molecule has 0 spiro atoms. The van der Waals surface area contributed by atoms with Gasteiger partial charge in [-0.25, -0.2) is 9.97 Å². The second kappa shape index (κ2) is 11.7. The van der Waals surface area contributed by atoms with Gasteiger partial charge in [-0.2, -0.15) is 9.97 Å². The van der Waals surface area contributed by atoms with Crippen LogP contribution in [0.5, 0.6) is 0 Å². The standard InChI is InChI=1S/C50H28N6O2/c1-2-12-29(13-3-1)47-52-48(54-50(53-47)56-41-19-9-4-14-32(41)36-23-24-37-34-16-6-10-20-43(34)57-46(37)45(36)56)30-22-25-42-38(26-30)33-15-5-8-18-40(33)55(42)31-27-39-35-17-7-11-21-44(35)58-49(39)51-28-31/h1-28H. The summed E-state index contributed by atoms with van der Waals surface area (Å²) in [4.78, 5) is 20.5. The maximum Gasteiger partial charge on any atom is 0.238 e. The molecule has 0 aliphatic heterocycles. The lowest BCUT2D eigenvalue weighted by atomic mass is 10.1. The van der Waals surface area contributed by atoms with Crippen LogP contribution in [-0.2, 0) is 0 Å². The molecule has 0 saturated heterocycles. The van der Waals surface area contributed by atoms with E-state index >= 15 is 0 Å². The van der Waals surface area contributed by atoms with Gasteiger partial charge in [-0.1, -0.05) is 109 Å². The number of aromatic nitrogens is 6. The van der Waals surface area contributed by atoms with Gasteiger partial charge in [-0.15, -0.1) is 0 Å². The molecule has 8 nitrogen and oxygen atoms in total. The zero-order valence-corrected chi connectivity index (χ0v) is 30.7. The largest absolute Gasteiger partial charge is 0.454 e. The molecule has 0 radical (unpaired) electrons. The molecule has 0 N–H and O–H groups in total. The van der Waals surface area contributed by atoms with Crippen molar-refractivity contribution in [3.63, 3.8) is 0 Å². The van der Waals surface area contributed by atoms with Crippen LogP contribution in [0.1, 0.15) is 0 Å². The summed E-state index contributed by atoms with van der Waals surface area (Å²) in [6.45, 7) is 0. The van der Waals surface area contributed by atoms with Crippen molar-refractivity contribution in [2.24, 2.45) is 0 Å². The van der Waals surface area contributed by atoms with Gasteiger partial charge in [0.25, 0.3) is 0 Å². The SMILES string of the molecule is c1ccc(-c2nc(-c3ccc4c(c3)c3ccccc3n4-c3cnc4oc5ccccc5c4c3)nc(-n3c4ccccc4c4ccc5c6ccccc6oc5c43)n2)cc1. The van der Waals surface area contributed by atoms with E-state index in [2.05, 4.69) is 106 Å². The van der Waals surface area contributed by atoms with Crippen molar-refractivity contribution < 1.29 is 8.83 Å². The molecule has 6 heterocycles. The second-order valence-corrected chi connectivity index (χ2v) is 14.7. The molecule has 58 heavy (non-hydrogen) atoms. The normalized spacial score (nSPS) is 12.1. The molecule has 0 bridgehead atoms. The lowest BCUT2D eigenvalue weighted by Crippen LogP contribution is -2.06. The highest BCUT2D eigenvalue weighted by atomic mass is 16.3. The van der Waals surface area contributed by atoms with E-state index in [1.807, 2.05) is 72.9 Å². The fourth-order valence-corrected chi connectivity index (χ4v) is 8.86. The average molecular weight is 745 g/mol. The Bertz CT molecular complexity index is 3820. The molecule has 6 aromatic heterocycles. The van der Waals surface area contributed by atoms with Crippen molar-refractivity contribution in [2.45, 2.75) is 0 Å². The summed E-state index contributed by atoms with van der Waals surface area (Å²) < 4.78 is 17.1. The van der Waals surface area contributed by atoms with Crippen molar-refractivity contribution in [3.8, 4) is 34.4 Å². The molecule has 7 aromatic carbocycles. The number of furan rings is 2. The number of rotatable bonds is 4. The summed E-state index contributed by atoms with van der Waals surface area (Å²) in [6, 6.07) is 56.2. The molecule has 13 rings (SSSR count). The highest BCUT2D eigenvalue weighted by Crippen LogP contribution is 2.41. The second-order valence-electron chi connectivity index (χ2n) is 14.7. The zero-order chi connectivity index (χ0) is 37.9. The third-order valence-corrected chi connectivity index (χ3v) is 11.4. The fourth-order valence-electron chi connectivity index (χ4n) is 8.86. The average Bonchev–Trinajstić information content (AvgIpc) is 4.04. The smallest absolute Gasteiger partial charge is 0.238 e. The Morgan fingerprint density at radius 2 is 1.00 bits per heavy atom. The minimum atomic E-state index is 0.511. The molecule has 0 saturated carbocycles. The summed E-state index contributed by atoms with van der Waals surface area (Å²) in [6.07, 6.45) is 1.89. The summed E-state index contributed by atoms with van der Waals surface area (Å²) >= 11 is 0. The van der Waals surface area contributed by atoms with E-state index in [0.717, 1.165) is 98.7 Å². The van der Waals surface area contributed by atoms with Crippen LogP contribution in [0.4, 0.5) is 0 Å². The Morgan fingerprint density at radius 1 is 0.397 bits per heavy atom. The van der Waals surface area contributed by atoms with Gasteiger partial charge < -0.3 is 13.4 Å². The van der Waals surface area contributed by atoms with E-state index in [1.165, 1.54) is 0 Å². The van der Waals surface area contributed by atoms with Gasteiger partial charge in [-0.3, -0.25) is 4.57 Å². The van der Waals surface area contributed by atoms with Crippen LogP contribution in [0.15, 0.2) is 179 Å². The van der Waals surface area contributed by atoms with E-state index in [9.17, 15) is 0 Å². The number of fused-ring (bicyclic) bond motifs is 13. The molecule has 0 atom stereocenters. The lowest BCUT2D eigenvalue weighted by Gasteiger charge is -2.11. The molecule has 8 heteroatoms. The first-order valence-corrected chi connectivity index (χ1v) is 19.2. The van der Waals surface area contributed by atoms with Gasteiger partial charge in [-0.05, 0) is 54.6 Å².